The van der Waals surface area contributed by atoms with Crippen LogP contribution in [0.1, 0.15) is 54.4 Å². The number of nitrogens with one attached hydrogen (secondary N) is 3. The molecule has 9 nitrogen and oxygen atoms in total. The fourth-order valence-corrected chi connectivity index (χ4v) is 2.83. The molecule has 170 valence electrons. The normalized spacial score (nSPS) is 16.7. The second-order valence-electron chi connectivity index (χ2n) is 8.46. The molecule has 1 heterocycles. The van der Waals surface area contributed by atoms with E-state index in [1.165, 1.54) is 0 Å². The van der Waals surface area contributed by atoms with E-state index in [0.717, 1.165) is 19.4 Å². The fraction of sp³-hybridized carbons (Fsp3) is 0.842. The fourth-order valence-electron chi connectivity index (χ4n) is 2.83. The second-order valence-corrected chi connectivity index (χ2v) is 8.46. The molecule has 0 saturated carbocycles. The molecule has 5 N–H and O–H groups in total. The Morgan fingerprint density at radius 3 is 2.28 bits per heavy atom. The Balaban J connectivity index is 0.00000784. The van der Waals surface area contributed by atoms with Gasteiger partial charge in [-0.05, 0) is 46.5 Å². The lowest BCUT2D eigenvalue weighted by Crippen LogP contribution is -2.51. The van der Waals surface area contributed by atoms with Crippen molar-refractivity contribution in [3.63, 3.8) is 0 Å². The second kappa shape index (κ2) is 13.0. The van der Waals surface area contributed by atoms with E-state index in [1.807, 2.05) is 41.5 Å². The summed E-state index contributed by atoms with van der Waals surface area (Å²) in [4.78, 5) is 29.6. The quantitative estimate of drug-likeness (QED) is 0.240. The number of nitrogens with zero attached hydrogens (tertiary/aromatic N) is 2. The lowest BCUT2D eigenvalue weighted by Gasteiger charge is -2.32. The van der Waals surface area contributed by atoms with Gasteiger partial charge in [0.1, 0.15) is 5.60 Å². The van der Waals surface area contributed by atoms with Gasteiger partial charge in [-0.25, -0.2) is 9.59 Å². The number of carbonyl (C=O) groups is 2. The van der Waals surface area contributed by atoms with E-state index in [2.05, 4.69) is 20.9 Å². The van der Waals surface area contributed by atoms with Crippen LogP contribution in [-0.4, -0.2) is 66.8 Å². The van der Waals surface area contributed by atoms with Crippen molar-refractivity contribution in [2.24, 2.45) is 16.6 Å². The molecule has 0 aliphatic carbocycles. The number of aliphatic imine (C=N–C) groups is 1. The first kappa shape index (κ1) is 27.5. The van der Waals surface area contributed by atoms with E-state index in [0.29, 0.717) is 25.6 Å². The van der Waals surface area contributed by atoms with Crippen molar-refractivity contribution in [1.29, 1.82) is 0 Å². The molecule has 1 rings (SSSR count). The molecule has 0 aromatic rings. The van der Waals surface area contributed by atoms with Gasteiger partial charge in [0.05, 0.1) is 12.6 Å². The van der Waals surface area contributed by atoms with E-state index in [1.54, 1.807) is 4.90 Å². The molecule has 0 spiro atoms. The van der Waals surface area contributed by atoms with Gasteiger partial charge in [0, 0.05) is 25.7 Å². The average molecular weight is 526 g/mol. The third-order valence-corrected chi connectivity index (χ3v) is 4.44. The molecule has 1 saturated heterocycles. The van der Waals surface area contributed by atoms with Gasteiger partial charge in [0.2, 0.25) is 0 Å². The van der Waals surface area contributed by atoms with Gasteiger partial charge in [-0.1, -0.05) is 13.8 Å². The van der Waals surface area contributed by atoms with Gasteiger partial charge in [-0.2, -0.15) is 0 Å². The number of ether oxygens (including phenoxy) is 1. The van der Waals surface area contributed by atoms with E-state index in [-0.39, 0.29) is 48.0 Å². The molecule has 1 fully saturated rings. The van der Waals surface area contributed by atoms with Crippen molar-refractivity contribution < 1.29 is 14.3 Å². The van der Waals surface area contributed by atoms with Crippen LogP contribution >= 0.6 is 24.0 Å². The number of piperidine rings is 1. The minimum atomic E-state index is -0.537. The number of hydrogen-bond donors (Lipinski definition) is 4. The van der Waals surface area contributed by atoms with Gasteiger partial charge in [0.25, 0.3) is 0 Å². The van der Waals surface area contributed by atoms with Crippen molar-refractivity contribution in [1.82, 2.24) is 20.9 Å². The number of alkyl carbamates (subject to hydrolysis) is 1. The third kappa shape index (κ3) is 11.3. The lowest BCUT2D eigenvalue weighted by atomic mass is 10.0. The number of nitrogens with two attached hydrogens (primary N) is 1. The summed E-state index contributed by atoms with van der Waals surface area (Å²) in [6, 6.07) is -0.279. The Labute approximate surface area is 192 Å². The van der Waals surface area contributed by atoms with E-state index in [4.69, 9.17) is 10.5 Å². The number of hydrogen-bond acceptors (Lipinski definition) is 4. The van der Waals surface area contributed by atoms with E-state index >= 15 is 0 Å². The zero-order valence-electron chi connectivity index (χ0n) is 18.6. The highest BCUT2D eigenvalue weighted by Crippen LogP contribution is 2.11. The van der Waals surface area contributed by atoms with Gasteiger partial charge in [-0.3, -0.25) is 4.99 Å². The number of rotatable bonds is 6. The Hall–Kier alpha value is -1.46. The first-order valence-corrected chi connectivity index (χ1v) is 10.1. The number of primary amides is 1. The topological polar surface area (TPSA) is 121 Å². The Bertz CT molecular complexity index is 543. The minimum absolute atomic E-state index is 0. The summed E-state index contributed by atoms with van der Waals surface area (Å²) < 4.78 is 5.35. The maximum absolute atomic E-state index is 12.1. The van der Waals surface area contributed by atoms with Crippen LogP contribution < -0.4 is 21.7 Å². The van der Waals surface area contributed by atoms with Crippen LogP contribution in [-0.2, 0) is 4.74 Å². The SMILES string of the molecule is CCNC(=NCC(NC(=O)OC(C)(C)C)C(C)C)NC1CCN(C(N)=O)CC1.I. The van der Waals surface area contributed by atoms with Crippen LogP contribution in [0.2, 0.25) is 0 Å². The highest BCUT2D eigenvalue weighted by molar-refractivity contribution is 14.0. The van der Waals surface area contributed by atoms with Crippen molar-refractivity contribution in [2.45, 2.75) is 72.1 Å². The first-order chi connectivity index (χ1) is 13.0. The van der Waals surface area contributed by atoms with Crippen LogP contribution in [0.15, 0.2) is 4.99 Å². The van der Waals surface area contributed by atoms with E-state index in [9.17, 15) is 9.59 Å². The zero-order valence-corrected chi connectivity index (χ0v) is 20.9. The molecule has 0 aromatic heterocycles. The number of likely N-dealkylation sites (tertiary alicyclic amines) is 1. The number of amides is 3. The Morgan fingerprint density at radius 1 is 1.24 bits per heavy atom. The van der Waals surface area contributed by atoms with Crippen molar-refractivity contribution in [3.05, 3.63) is 0 Å². The predicted octanol–water partition coefficient (Wildman–Crippen LogP) is 2.25. The highest BCUT2D eigenvalue weighted by Gasteiger charge is 2.23. The molecule has 0 bridgehead atoms. The molecule has 29 heavy (non-hydrogen) atoms. The molecular formula is C19H39IN6O3. The van der Waals surface area contributed by atoms with Crippen molar-refractivity contribution in [2.75, 3.05) is 26.2 Å². The Morgan fingerprint density at radius 2 is 1.83 bits per heavy atom. The molecule has 1 unspecified atom stereocenters. The molecule has 0 radical (unpaired) electrons. The maximum atomic E-state index is 12.1. The molecule has 1 aliphatic rings. The largest absolute Gasteiger partial charge is 0.444 e. The summed E-state index contributed by atoms with van der Waals surface area (Å²) in [6.07, 6.45) is 1.20. The van der Waals surface area contributed by atoms with Gasteiger partial charge < -0.3 is 31.3 Å². The van der Waals surface area contributed by atoms with Crippen LogP contribution in [0.4, 0.5) is 9.59 Å². The van der Waals surface area contributed by atoms with Crippen LogP contribution in [0.3, 0.4) is 0 Å². The first-order valence-electron chi connectivity index (χ1n) is 10.1. The maximum Gasteiger partial charge on any atom is 0.407 e. The van der Waals surface area contributed by atoms with Crippen LogP contribution in [0.25, 0.3) is 0 Å². The monoisotopic (exact) mass is 526 g/mol. The van der Waals surface area contributed by atoms with Gasteiger partial charge in [0.15, 0.2) is 5.96 Å². The third-order valence-electron chi connectivity index (χ3n) is 4.44. The Kier molecular flexibility index (Phi) is 12.3. The van der Waals surface area contributed by atoms with Gasteiger partial charge in [-0.15, -0.1) is 24.0 Å². The minimum Gasteiger partial charge on any atom is -0.444 e. The molecule has 1 atom stereocenters. The van der Waals surface area contributed by atoms with Crippen molar-refractivity contribution >= 4 is 42.1 Å². The zero-order chi connectivity index (χ0) is 21.3. The number of guanidine groups is 1. The molecule has 0 aromatic carbocycles. The lowest BCUT2D eigenvalue weighted by molar-refractivity contribution is 0.0493. The molecule has 10 heteroatoms. The average Bonchev–Trinajstić information content (AvgIpc) is 2.57. The molecular weight excluding hydrogens is 487 g/mol. The number of urea groups is 1. The summed E-state index contributed by atoms with van der Waals surface area (Å²) in [6.45, 7) is 14.1. The molecule has 1 aliphatic heterocycles. The standard InChI is InChI=1S/C19H38N6O3.HI/c1-7-21-17(23-14-8-10-25(11-9-14)16(20)26)22-12-15(13(2)3)24-18(27)28-19(4,5)6;/h13-15H,7-12H2,1-6H3,(H2,20,26)(H,24,27)(H2,21,22,23);1H. The summed E-state index contributed by atoms with van der Waals surface area (Å²) in [5, 5.41) is 9.57. The number of halogens is 1. The van der Waals surface area contributed by atoms with Crippen molar-refractivity contribution in [3.8, 4) is 0 Å². The number of carbonyl (C=O) groups excluding carboxylic acids is 2. The highest BCUT2D eigenvalue weighted by atomic mass is 127. The van der Waals surface area contributed by atoms with Crippen LogP contribution in [0, 0.1) is 5.92 Å². The van der Waals surface area contributed by atoms with E-state index < -0.39 is 11.7 Å². The molecule has 3 amide bonds. The summed E-state index contributed by atoms with van der Waals surface area (Å²) in [5.41, 5.74) is 4.80. The summed E-state index contributed by atoms with van der Waals surface area (Å²) in [7, 11) is 0. The predicted molar refractivity (Wildman–Crippen MR) is 127 cm³/mol. The van der Waals surface area contributed by atoms with Crippen LogP contribution in [0.5, 0.6) is 0 Å². The smallest absolute Gasteiger partial charge is 0.407 e. The summed E-state index contributed by atoms with van der Waals surface area (Å²) >= 11 is 0. The van der Waals surface area contributed by atoms with Gasteiger partial charge >= 0.3 is 12.1 Å². The summed E-state index contributed by atoms with van der Waals surface area (Å²) in [5.74, 6) is 0.912.